The number of nitrogens with zero attached hydrogens (tertiary/aromatic N) is 4. The van der Waals surface area contributed by atoms with Gasteiger partial charge in [-0.15, -0.1) is 0 Å². The van der Waals surface area contributed by atoms with Crippen molar-refractivity contribution in [3.63, 3.8) is 0 Å². The lowest BCUT2D eigenvalue weighted by molar-refractivity contribution is -0.136. The SMILES string of the molecule is CC(C)N(Cc1nc(-c2cccnc2)no1)C(=O)COc1ccc(C(C)(C)C)cc1. The van der Waals surface area contributed by atoms with Crippen LogP contribution in [0.15, 0.2) is 53.3 Å². The summed E-state index contributed by atoms with van der Waals surface area (Å²) in [5, 5.41) is 3.98. The summed E-state index contributed by atoms with van der Waals surface area (Å²) in [6, 6.07) is 11.5. The van der Waals surface area contributed by atoms with Crippen LogP contribution < -0.4 is 4.74 Å². The van der Waals surface area contributed by atoms with E-state index in [0.29, 0.717) is 17.5 Å². The van der Waals surface area contributed by atoms with Crippen molar-refractivity contribution in [1.82, 2.24) is 20.0 Å². The van der Waals surface area contributed by atoms with Gasteiger partial charge in [0, 0.05) is 24.0 Å². The maximum Gasteiger partial charge on any atom is 0.261 e. The molecular formula is C23H28N4O3. The number of amides is 1. The molecule has 0 aliphatic rings. The van der Waals surface area contributed by atoms with Gasteiger partial charge in [0.2, 0.25) is 11.7 Å². The van der Waals surface area contributed by atoms with Crippen molar-refractivity contribution in [1.29, 1.82) is 0 Å². The molecule has 0 aliphatic heterocycles. The summed E-state index contributed by atoms with van der Waals surface area (Å²) in [5.41, 5.74) is 2.05. The van der Waals surface area contributed by atoms with Gasteiger partial charge in [-0.3, -0.25) is 9.78 Å². The molecule has 0 aliphatic carbocycles. The number of aromatic nitrogens is 3. The van der Waals surface area contributed by atoms with Crippen LogP contribution in [0.25, 0.3) is 11.4 Å². The van der Waals surface area contributed by atoms with E-state index in [4.69, 9.17) is 9.26 Å². The highest BCUT2D eigenvalue weighted by atomic mass is 16.5. The minimum Gasteiger partial charge on any atom is -0.484 e. The van der Waals surface area contributed by atoms with E-state index in [2.05, 4.69) is 35.9 Å². The molecule has 0 atom stereocenters. The first-order valence-corrected chi connectivity index (χ1v) is 10.00. The van der Waals surface area contributed by atoms with Crippen LogP contribution in [0.1, 0.15) is 46.1 Å². The predicted octanol–water partition coefficient (Wildman–Crippen LogP) is 4.25. The number of ether oxygens (including phenoxy) is 1. The number of hydrogen-bond acceptors (Lipinski definition) is 6. The summed E-state index contributed by atoms with van der Waals surface area (Å²) in [4.78, 5) is 22.9. The first kappa shape index (κ1) is 21.5. The van der Waals surface area contributed by atoms with Crippen molar-refractivity contribution in [2.75, 3.05) is 6.61 Å². The molecule has 0 fully saturated rings. The number of rotatable bonds is 7. The third-order valence-corrected chi connectivity index (χ3v) is 4.72. The van der Waals surface area contributed by atoms with Crippen LogP contribution in [0.4, 0.5) is 0 Å². The molecule has 30 heavy (non-hydrogen) atoms. The highest BCUT2D eigenvalue weighted by Gasteiger charge is 2.21. The number of pyridine rings is 1. The van der Waals surface area contributed by atoms with Crippen LogP contribution >= 0.6 is 0 Å². The molecule has 158 valence electrons. The van der Waals surface area contributed by atoms with E-state index in [0.717, 1.165) is 5.56 Å². The van der Waals surface area contributed by atoms with Gasteiger partial charge in [0.25, 0.3) is 5.91 Å². The fourth-order valence-corrected chi connectivity index (χ4v) is 2.91. The number of hydrogen-bond donors (Lipinski definition) is 0. The van der Waals surface area contributed by atoms with E-state index in [1.807, 2.05) is 44.2 Å². The molecule has 2 heterocycles. The highest BCUT2D eigenvalue weighted by Crippen LogP contribution is 2.24. The second kappa shape index (κ2) is 9.07. The molecule has 3 aromatic rings. The van der Waals surface area contributed by atoms with Crippen LogP contribution in [-0.4, -0.2) is 38.6 Å². The minimum absolute atomic E-state index is 0.0434. The molecule has 0 saturated heterocycles. The standard InChI is InChI=1S/C23H28N4O3/c1-16(2)27(14-20-25-22(26-30-20)17-7-6-12-24-13-17)21(28)15-29-19-10-8-18(9-11-19)23(3,4)5/h6-13,16H,14-15H2,1-5H3. The van der Waals surface area contributed by atoms with Gasteiger partial charge in [-0.2, -0.15) is 4.98 Å². The molecule has 2 aromatic heterocycles. The lowest BCUT2D eigenvalue weighted by atomic mass is 9.87. The Morgan fingerprint density at radius 2 is 1.90 bits per heavy atom. The van der Waals surface area contributed by atoms with Gasteiger partial charge in [0.05, 0.1) is 0 Å². The van der Waals surface area contributed by atoms with E-state index in [1.165, 1.54) is 5.56 Å². The van der Waals surface area contributed by atoms with Crippen LogP contribution in [-0.2, 0) is 16.8 Å². The van der Waals surface area contributed by atoms with Crippen molar-refractivity contribution in [2.45, 2.75) is 52.6 Å². The Morgan fingerprint density at radius 3 is 2.50 bits per heavy atom. The zero-order chi connectivity index (χ0) is 21.7. The maximum absolute atomic E-state index is 12.8. The highest BCUT2D eigenvalue weighted by molar-refractivity contribution is 5.78. The van der Waals surface area contributed by atoms with Crippen molar-refractivity contribution in [3.05, 3.63) is 60.2 Å². The molecule has 0 unspecified atom stereocenters. The van der Waals surface area contributed by atoms with E-state index in [1.54, 1.807) is 23.4 Å². The first-order valence-electron chi connectivity index (χ1n) is 10.00. The summed E-state index contributed by atoms with van der Waals surface area (Å²) in [7, 11) is 0. The van der Waals surface area contributed by atoms with Gasteiger partial charge in [-0.05, 0) is 49.1 Å². The van der Waals surface area contributed by atoms with Gasteiger partial charge >= 0.3 is 0 Å². The lowest BCUT2D eigenvalue weighted by Gasteiger charge is -2.25. The molecular weight excluding hydrogens is 380 g/mol. The van der Waals surface area contributed by atoms with E-state index >= 15 is 0 Å². The van der Waals surface area contributed by atoms with Crippen LogP contribution in [0.3, 0.4) is 0 Å². The van der Waals surface area contributed by atoms with Gasteiger partial charge in [-0.1, -0.05) is 38.1 Å². The summed E-state index contributed by atoms with van der Waals surface area (Å²) in [6.45, 7) is 10.5. The molecule has 0 N–H and O–H groups in total. The molecule has 7 nitrogen and oxygen atoms in total. The van der Waals surface area contributed by atoms with E-state index in [-0.39, 0.29) is 30.5 Å². The van der Waals surface area contributed by atoms with Crippen LogP contribution in [0.5, 0.6) is 5.75 Å². The fraction of sp³-hybridized carbons (Fsp3) is 0.391. The summed E-state index contributed by atoms with van der Waals surface area (Å²) in [5.74, 6) is 1.33. The number of carbonyl (C=O) groups is 1. The van der Waals surface area contributed by atoms with E-state index < -0.39 is 0 Å². The molecule has 0 spiro atoms. The van der Waals surface area contributed by atoms with Gasteiger partial charge in [0.15, 0.2) is 6.61 Å². The molecule has 0 radical (unpaired) electrons. The van der Waals surface area contributed by atoms with Crippen molar-refractivity contribution >= 4 is 5.91 Å². The zero-order valence-electron chi connectivity index (χ0n) is 18.1. The predicted molar refractivity (Wildman–Crippen MR) is 114 cm³/mol. The minimum atomic E-state index is -0.147. The monoisotopic (exact) mass is 408 g/mol. The molecule has 1 aromatic carbocycles. The Bertz CT molecular complexity index is 960. The van der Waals surface area contributed by atoms with Crippen molar-refractivity contribution in [3.8, 4) is 17.1 Å². The van der Waals surface area contributed by atoms with Gasteiger partial charge < -0.3 is 14.2 Å². The molecule has 7 heteroatoms. The Hall–Kier alpha value is -3.22. The van der Waals surface area contributed by atoms with Crippen LogP contribution in [0.2, 0.25) is 0 Å². The topological polar surface area (TPSA) is 81.4 Å². The largest absolute Gasteiger partial charge is 0.484 e. The molecule has 3 rings (SSSR count). The Morgan fingerprint density at radius 1 is 1.17 bits per heavy atom. The molecule has 1 amide bonds. The lowest BCUT2D eigenvalue weighted by Crippen LogP contribution is -2.39. The first-order chi connectivity index (χ1) is 14.2. The number of carbonyl (C=O) groups excluding carboxylic acids is 1. The summed E-state index contributed by atoms with van der Waals surface area (Å²) < 4.78 is 11.0. The Labute approximate surface area is 177 Å². The maximum atomic E-state index is 12.8. The quantitative estimate of drug-likeness (QED) is 0.581. The second-order valence-electron chi connectivity index (χ2n) is 8.43. The molecule has 0 saturated carbocycles. The van der Waals surface area contributed by atoms with Crippen molar-refractivity contribution < 1.29 is 14.1 Å². The summed E-state index contributed by atoms with van der Waals surface area (Å²) in [6.07, 6.45) is 3.35. The smallest absolute Gasteiger partial charge is 0.261 e. The average Bonchev–Trinajstić information content (AvgIpc) is 3.19. The third kappa shape index (κ3) is 5.43. The third-order valence-electron chi connectivity index (χ3n) is 4.72. The summed E-state index contributed by atoms with van der Waals surface area (Å²) >= 11 is 0. The zero-order valence-corrected chi connectivity index (χ0v) is 18.1. The van der Waals surface area contributed by atoms with Gasteiger partial charge in [0.1, 0.15) is 12.3 Å². The second-order valence-corrected chi connectivity index (χ2v) is 8.43. The Kier molecular flexibility index (Phi) is 6.50. The van der Waals surface area contributed by atoms with Crippen molar-refractivity contribution in [2.24, 2.45) is 0 Å². The van der Waals surface area contributed by atoms with E-state index in [9.17, 15) is 4.79 Å². The van der Waals surface area contributed by atoms with Gasteiger partial charge in [-0.25, -0.2) is 0 Å². The normalized spacial score (nSPS) is 11.5. The fourth-order valence-electron chi connectivity index (χ4n) is 2.91. The molecule has 0 bridgehead atoms. The number of benzene rings is 1. The average molecular weight is 409 g/mol. The Balaban J connectivity index is 1.62. The van der Waals surface area contributed by atoms with Crippen LogP contribution in [0, 0.1) is 0 Å².